The maximum absolute atomic E-state index is 10.9. The highest BCUT2D eigenvalue weighted by molar-refractivity contribution is 6.18. The second kappa shape index (κ2) is 5.05. The molecule has 0 spiro atoms. The first-order chi connectivity index (χ1) is 10.1. The molecule has 0 N–H and O–H groups in total. The van der Waals surface area contributed by atoms with Crippen LogP contribution in [0.15, 0.2) is 47.8 Å². The molecule has 3 rings (SSSR count). The molecule has 1 heterocycles. The summed E-state index contributed by atoms with van der Waals surface area (Å²) in [5.74, 6) is -0.417. The van der Waals surface area contributed by atoms with Gasteiger partial charge in [0.25, 0.3) is 0 Å². The van der Waals surface area contributed by atoms with E-state index in [1.807, 2.05) is 32.3 Å². The van der Waals surface area contributed by atoms with Gasteiger partial charge in [-0.05, 0) is 23.8 Å². The zero-order chi connectivity index (χ0) is 15.0. The van der Waals surface area contributed by atoms with E-state index >= 15 is 0 Å². The molecular weight excluding hydrogens is 264 g/mol. The molecule has 0 saturated heterocycles. The molecule has 21 heavy (non-hydrogen) atoms. The number of hydrogen-bond acceptors (Lipinski definition) is 3. The molecule has 0 fully saturated rings. The van der Waals surface area contributed by atoms with Gasteiger partial charge in [0.15, 0.2) is 0 Å². The van der Waals surface area contributed by atoms with Gasteiger partial charge < -0.3 is 9.40 Å². The van der Waals surface area contributed by atoms with Crippen LogP contribution < -0.4 is 0 Å². The average Bonchev–Trinajstić information content (AvgIpc) is 2.82. The van der Waals surface area contributed by atoms with Crippen molar-refractivity contribution in [3.8, 4) is 0 Å². The van der Waals surface area contributed by atoms with Crippen LogP contribution in [0.1, 0.15) is 19.4 Å². The van der Waals surface area contributed by atoms with Crippen LogP contribution in [-0.2, 0) is 16.7 Å². The summed E-state index contributed by atoms with van der Waals surface area (Å²) in [7, 11) is 2.00. The van der Waals surface area contributed by atoms with Crippen molar-refractivity contribution in [1.29, 1.82) is 0 Å². The zero-order valence-electron chi connectivity index (χ0n) is 12.3. The number of aryl methyl sites for hydroxylation is 1. The van der Waals surface area contributed by atoms with Crippen molar-refractivity contribution >= 4 is 33.4 Å². The lowest BCUT2D eigenvalue weighted by molar-refractivity contribution is -0.140. The summed E-state index contributed by atoms with van der Waals surface area (Å²) in [6.07, 6.45) is 2.01. The third-order valence-electron chi connectivity index (χ3n) is 3.58. The van der Waals surface area contributed by atoms with Gasteiger partial charge in [0.05, 0.1) is 5.71 Å². The number of aromatic nitrogens is 1. The quantitative estimate of drug-likeness (QED) is 0.409. The molecule has 0 aliphatic rings. The Kier molecular flexibility index (Phi) is 3.22. The second-order valence-corrected chi connectivity index (χ2v) is 5.09. The SMILES string of the molecule is CC(=O)O/N=C(\C)c1cn(C)c2ccc3ccccc3c12. The summed E-state index contributed by atoms with van der Waals surface area (Å²) in [6, 6.07) is 12.4. The van der Waals surface area contributed by atoms with E-state index in [9.17, 15) is 4.79 Å². The number of oxime groups is 1. The number of benzene rings is 2. The van der Waals surface area contributed by atoms with Gasteiger partial charge in [0.2, 0.25) is 0 Å². The van der Waals surface area contributed by atoms with E-state index in [1.165, 1.54) is 17.7 Å². The van der Waals surface area contributed by atoms with E-state index in [-0.39, 0.29) is 0 Å². The highest BCUT2D eigenvalue weighted by Crippen LogP contribution is 2.29. The van der Waals surface area contributed by atoms with Gasteiger partial charge >= 0.3 is 5.97 Å². The van der Waals surface area contributed by atoms with Crippen LogP contribution in [-0.4, -0.2) is 16.2 Å². The molecule has 0 unspecified atom stereocenters. The minimum absolute atomic E-state index is 0.417. The number of hydrogen-bond donors (Lipinski definition) is 0. The van der Waals surface area contributed by atoms with E-state index in [1.54, 1.807) is 0 Å². The van der Waals surface area contributed by atoms with Crippen LogP contribution in [0, 0.1) is 0 Å². The fraction of sp³-hybridized carbons (Fsp3) is 0.176. The fourth-order valence-electron chi connectivity index (χ4n) is 2.62. The molecule has 0 radical (unpaired) electrons. The molecule has 4 heteroatoms. The van der Waals surface area contributed by atoms with Crippen molar-refractivity contribution in [3.63, 3.8) is 0 Å². The molecule has 2 aromatic carbocycles. The number of carbonyl (C=O) groups is 1. The smallest absolute Gasteiger partial charge is 0.331 e. The van der Waals surface area contributed by atoms with Crippen molar-refractivity contribution in [2.45, 2.75) is 13.8 Å². The molecule has 0 saturated carbocycles. The van der Waals surface area contributed by atoms with Crippen LogP contribution in [0.2, 0.25) is 0 Å². The third-order valence-corrected chi connectivity index (χ3v) is 3.58. The minimum Gasteiger partial charge on any atom is -0.350 e. The summed E-state index contributed by atoms with van der Waals surface area (Å²) in [6.45, 7) is 3.19. The summed E-state index contributed by atoms with van der Waals surface area (Å²) >= 11 is 0. The standard InChI is InChI=1S/C17H16N2O2/c1-11(18-21-12(2)20)15-10-19(3)16-9-8-13-6-4-5-7-14(13)17(15)16/h4-10H,1-3H3/b18-11+. The molecule has 0 amide bonds. The highest BCUT2D eigenvalue weighted by atomic mass is 16.7. The number of rotatable bonds is 2. The van der Waals surface area contributed by atoms with Crippen molar-refractivity contribution in [2.24, 2.45) is 12.2 Å². The van der Waals surface area contributed by atoms with Gasteiger partial charge in [-0.2, -0.15) is 0 Å². The molecule has 0 aliphatic carbocycles. The van der Waals surface area contributed by atoms with E-state index in [4.69, 9.17) is 4.84 Å². The molecule has 0 aliphatic heterocycles. The topological polar surface area (TPSA) is 43.6 Å². The molecule has 0 atom stereocenters. The van der Waals surface area contributed by atoms with Crippen molar-refractivity contribution < 1.29 is 9.63 Å². The first-order valence-corrected chi connectivity index (χ1v) is 6.77. The van der Waals surface area contributed by atoms with E-state index in [2.05, 4.69) is 34.0 Å². The maximum Gasteiger partial charge on any atom is 0.331 e. The largest absolute Gasteiger partial charge is 0.350 e. The molecule has 1 aromatic heterocycles. The number of fused-ring (bicyclic) bond motifs is 3. The van der Waals surface area contributed by atoms with Crippen LogP contribution in [0.3, 0.4) is 0 Å². The van der Waals surface area contributed by atoms with Gasteiger partial charge in [0, 0.05) is 36.6 Å². The Hall–Kier alpha value is -2.62. The first-order valence-electron chi connectivity index (χ1n) is 6.77. The van der Waals surface area contributed by atoms with Gasteiger partial charge in [0.1, 0.15) is 0 Å². The first kappa shape index (κ1) is 13.4. The summed E-state index contributed by atoms with van der Waals surface area (Å²) in [5.41, 5.74) is 2.79. The van der Waals surface area contributed by atoms with E-state index in [0.717, 1.165) is 16.5 Å². The number of carbonyl (C=O) groups excluding carboxylic acids is 1. The van der Waals surface area contributed by atoms with Crippen LogP contribution in [0.5, 0.6) is 0 Å². The minimum atomic E-state index is -0.417. The average molecular weight is 280 g/mol. The van der Waals surface area contributed by atoms with Gasteiger partial charge in [-0.3, -0.25) is 0 Å². The second-order valence-electron chi connectivity index (χ2n) is 5.09. The Morgan fingerprint density at radius 1 is 1.14 bits per heavy atom. The summed E-state index contributed by atoms with van der Waals surface area (Å²) < 4.78 is 2.06. The zero-order valence-corrected chi connectivity index (χ0v) is 12.3. The lowest BCUT2D eigenvalue weighted by atomic mass is 10.0. The van der Waals surface area contributed by atoms with Crippen molar-refractivity contribution in [1.82, 2.24) is 4.57 Å². The lowest BCUT2D eigenvalue weighted by Gasteiger charge is -2.03. The van der Waals surface area contributed by atoms with Crippen molar-refractivity contribution in [3.05, 3.63) is 48.2 Å². The molecule has 0 bridgehead atoms. The van der Waals surface area contributed by atoms with Crippen LogP contribution in [0.25, 0.3) is 21.7 Å². The van der Waals surface area contributed by atoms with Gasteiger partial charge in [-0.1, -0.05) is 35.5 Å². The van der Waals surface area contributed by atoms with E-state index < -0.39 is 5.97 Å². The predicted octanol–water partition coefficient (Wildman–Crippen LogP) is 3.62. The monoisotopic (exact) mass is 280 g/mol. The maximum atomic E-state index is 10.9. The predicted molar refractivity (Wildman–Crippen MR) is 84.4 cm³/mol. The summed E-state index contributed by atoms with van der Waals surface area (Å²) in [4.78, 5) is 15.7. The van der Waals surface area contributed by atoms with Gasteiger partial charge in [-0.15, -0.1) is 0 Å². The Balaban J connectivity index is 2.30. The molecule has 3 aromatic rings. The summed E-state index contributed by atoms with van der Waals surface area (Å²) in [5, 5.41) is 7.39. The lowest BCUT2D eigenvalue weighted by Crippen LogP contribution is -1.99. The Morgan fingerprint density at radius 3 is 2.67 bits per heavy atom. The van der Waals surface area contributed by atoms with Crippen molar-refractivity contribution in [2.75, 3.05) is 0 Å². The highest BCUT2D eigenvalue weighted by Gasteiger charge is 2.12. The third kappa shape index (κ3) is 2.29. The molecule has 106 valence electrons. The Labute approximate surface area is 122 Å². The van der Waals surface area contributed by atoms with E-state index in [0.29, 0.717) is 5.71 Å². The Morgan fingerprint density at radius 2 is 1.90 bits per heavy atom. The molecule has 4 nitrogen and oxygen atoms in total. The number of nitrogens with zero attached hydrogens (tertiary/aromatic N) is 2. The Bertz CT molecular complexity index is 875. The van der Waals surface area contributed by atoms with Crippen LogP contribution >= 0.6 is 0 Å². The van der Waals surface area contributed by atoms with Gasteiger partial charge in [-0.25, -0.2) is 4.79 Å². The van der Waals surface area contributed by atoms with Crippen LogP contribution in [0.4, 0.5) is 0 Å². The normalized spacial score (nSPS) is 12.0. The molecular formula is C17H16N2O2. The fourth-order valence-corrected chi connectivity index (χ4v) is 2.62.